The third-order valence-corrected chi connectivity index (χ3v) is 2.80. The van der Waals surface area contributed by atoms with Gasteiger partial charge in [0.2, 0.25) is 0 Å². The third kappa shape index (κ3) is 2.56. The number of benzene rings is 1. The summed E-state index contributed by atoms with van der Waals surface area (Å²) in [6, 6.07) is 12.5. The summed E-state index contributed by atoms with van der Waals surface area (Å²) in [4.78, 5) is 9.16. The molecule has 0 fully saturated rings. The van der Waals surface area contributed by atoms with Crippen molar-refractivity contribution in [2.75, 3.05) is 0 Å². The van der Waals surface area contributed by atoms with Gasteiger partial charge in [0, 0.05) is 22.2 Å². The minimum atomic E-state index is 1.00. The number of pyridine rings is 2. The second-order valence-electron chi connectivity index (χ2n) is 4.11. The average Bonchev–Trinajstić information content (AvgIpc) is 2.41. The van der Waals surface area contributed by atoms with Gasteiger partial charge in [-0.2, -0.15) is 0 Å². The molecule has 0 amide bonds. The molecule has 2 heterocycles. The minimum absolute atomic E-state index is 1.00. The molecular formula is C14H12BrCuN2. The Balaban J connectivity index is 0.000000574. The van der Waals surface area contributed by atoms with Crippen LogP contribution in [-0.4, -0.2) is 9.97 Å². The van der Waals surface area contributed by atoms with Crippen molar-refractivity contribution in [1.82, 2.24) is 9.97 Å². The molecule has 4 heteroatoms. The van der Waals surface area contributed by atoms with Gasteiger partial charge >= 0.3 is 28.3 Å². The Morgan fingerprint density at radius 3 is 1.44 bits per heavy atom. The van der Waals surface area contributed by atoms with E-state index in [9.17, 15) is 0 Å². The molecule has 0 radical (unpaired) electrons. The predicted molar refractivity (Wildman–Crippen MR) is 75.4 cm³/mol. The zero-order chi connectivity index (χ0) is 13.1. The Morgan fingerprint density at radius 2 is 1.06 bits per heavy atom. The molecule has 0 atom stereocenters. The molecule has 3 rings (SSSR count). The SMILES string of the molecule is Cc1ccc2ccc3ccc(C)nc3c2n1.[Cu][Br]. The number of hydrogen-bond donors (Lipinski definition) is 0. The van der Waals surface area contributed by atoms with Crippen molar-refractivity contribution < 1.29 is 14.2 Å². The molecule has 18 heavy (non-hydrogen) atoms. The van der Waals surface area contributed by atoms with Gasteiger partial charge in [0.25, 0.3) is 0 Å². The van der Waals surface area contributed by atoms with Gasteiger partial charge in [-0.1, -0.05) is 24.3 Å². The van der Waals surface area contributed by atoms with Gasteiger partial charge in [0.1, 0.15) is 0 Å². The number of fused-ring (bicyclic) bond motifs is 3. The van der Waals surface area contributed by atoms with E-state index in [4.69, 9.17) is 0 Å². The van der Waals surface area contributed by atoms with Crippen LogP contribution >= 0.6 is 14.1 Å². The van der Waals surface area contributed by atoms with Crippen LogP contribution in [0.15, 0.2) is 36.4 Å². The van der Waals surface area contributed by atoms with Crippen LogP contribution in [0.5, 0.6) is 0 Å². The topological polar surface area (TPSA) is 25.8 Å². The van der Waals surface area contributed by atoms with Crippen LogP contribution in [0.2, 0.25) is 0 Å². The maximum absolute atomic E-state index is 4.58. The van der Waals surface area contributed by atoms with E-state index in [1.54, 1.807) is 0 Å². The molecular weight excluding hydrogens is 340 g/mol. The maximum atomic E-state index is 4.58. The summed E-state index contributed by atoms with van der Waals surface area (Å²) < 4.78 is 0. The molecule has 0 aliphatic heterocycles. The number of nitrogens with zero attached hydrogens (tertiary/aromatic N) is 2. The van der Waals surface area contributed by atoms with E-state index < -0.39 is 0 Å². The van der Waals surface area contributed by atoms with Crippen LogP contribution in [0.4, 0.5) is 0 Å². The van der Waals surface area contributed by atoms with Crippen LogP contribution in [0.1, 0.15) is 11.4 Å². The van der Waals surface area contributed by atoms with Gasteiger partial charge in [0.05, 0.1) is 11.0 Å². The first-order valence-corrected chi connectivity index (χ1v) is 7.82. The molecule has 0 saturated carbocycles. The molecule has 1 aromatic carbocycles. The first-order valence-electron chi connectivity index (χ1n) is 5.49. The van der Waals surface area contributed by atoms with Crippen LogP contribution < -0.4 is 0 Å². The van der Waals surface area contributed by atoms with E-state index in [0.717, 1.165) is 33.2 Å². The summed E-state index contributed by atoms with van der Waals surface area (Å²) in [5.74, 6) is 0. The number of hydrogen-bond acceptors (Lipinski definition) is 2. The van der Waals surface area contributed by atoms with Gasteiger partial charge < -0.3 is 0 Å². The molecule has 0 N–H and O–H groups in total. The zero-order valence-electron chi connectivity index (χ0n) is 10.0. The monoisotopic (exact) mass is 350 g/mol. The predicted octanol–water partition coefficient (Wildman–Crippen LogP) is 4.24. The van der Waals surface area contributed by atoms with Gasteiger partial charge in [-0.05, 0) is 26.0 Å². The van der Waals surface area contributed by atoms with Gasteiger partial charge in [-0.15, -0.1) is 0 Å². The number of halogens is 1. The molecule has 0 bridgehead atoms. The van der Waals surface area contributed by atoms with Crippen LogP contribution in [-0.2, 0) is 14.2 Å². The Labute approximate surface area is 121 Å². The van der Waals surface area contributed by atoms with Gasteiger partial charge in [-0.25, -0.2) is 0 Å². The number of aromatic nitrogens is 2. The van der Waals surface area contributed by atoms with E-state index in [-0.39, 0.29) is 0 Å². The Kier molecular flexibility index (Phi) is 4.33. The fraction of sp³-hybridized carbons (Fsp3) is 0.143. The van der Waals surface area contributed by atoms with Crippen LogP contribution in [0, 0.1) is 13.8 Å². The summed E-state index contributed by atoms with van der Waals surface area (Å²) in [5, 5.41) is 2.30. The van der Waals surface area contributed by atoms with Crippen molar-refractivity contribution in [1.29, 1.82) is 0 Å². The van der Waals surface area contributed by atoms with E-state index in [2.05, 4.69) is 62.5 Å². The van der Waals surface area contributed by atoms with Crippen molar-refractivity contribution in [3.8, 4) is 0 Å². The van der Waals surface area contributed by atoms with E-state index >= 15 is 0 Å². The van der Waals surface area contributed by atoms with Crippen molar-refractivity contribution in [3.05, 3.63) is 47.8 Å². The summed E-state index contributed by atoms with van der Waals surface area (Å²) in [5.41, 5.74) is 4.06. The van der Waals surface area contributed by atoms with Crippen LogP contribution in [0.3, 0.4) is 0 Å². The van der Waals surface area contributed by atoms with Crippen LogP contribution in [0.25, 0.3) is 21.8 Å². The molecule has 96 valence electrons. The van der Waals surface area contributed by atoms with Crippen molar-refractivity contribution in [3.63, 3.8) is 0 Å². The van der Waals surface area contributed by atoms with E-state index in [0.29, 0.717) is 0 Å². The first-order chi connectivity index (χ1) is 8.74. The molecule has 0 unspecified atom stereocenters. The Morgan fingerprint density at radius 1 is 0.722 bits per heavy atom. The normalized spacial score (nSPS) is 10.3. The Hall–Kier alpha value is -0.961. The molecule has 0 aliphatic rings. The molecule has 2 nitrogen and oxygen atoms in total. The summed E-state index contributed by atoms with van der Waals surface area (Å²) in [6.07, 6.45) is 0. The van der Waals surface area contributed by atoms with Crippen molar-refractivity contribution in [2.45, 2.75) is 13.8 Å². The number of aryl methyl sites for hydroxylation is 2. The molecule has 0 aliphatic carbocycles. The number of rotatable bonds is 0. The molecule has 2 aromatic heterocycles. The summed E-state index contributed by atoms with van der Waals surface area (Å²) >= 11 is 6.50. The molecule has 0 spiro atoms. The second-order valence-corrected chi connectivity index (χ2v) is 4.11. The average molecular weight is 352 g/mol. The van der Waals surface area contributed by atoms with Gasteiger partial charge in [-0.3, -0.25) is 9.97 Å². The molecule has 0 saturated heterocycles. The fourth-order valence-corrected chi connectivity index (χ4v) is 1.96. The Bertz CT molecular complexity index is 637. The van der Waals surface area contributed by atoms with E-state index in [1.807, 2.05) is 26.0 Å². The van der Waals surface area contributed by atoms with Gasteiger partial charge in [0.15, 0.2) is 0 Å². The van der Waals surface area contributed by atoms with Crippen molar-refractivity contribution in [2.24, 2.45) is 0 Å². The summed E-state index contributed by atoms with van der Waals surface area (Å²) in [6.45, 7) is 4.02. The first kappa shape index (κ1) is 13.5. The van der Waals surface area contributed by atoms with E-state index in [1.165, 1.54) is 0 Å². The standard InChI is InChI=1S/C14H12N2.BrH.Cu/c1-9-3-5-11-7-8-12-6-4-10(2)16-14(12)13(11)15-9;;/h3-8H,1-2H3;1H;/q;;+1/p-1. The second kappa shape index (κ2) is 5.79. The quantitative estimate of drug-likeness (QED) is 0.447. The molecule has 3 aromatic rings. The zero-order valence-corrected chi connectivity index (χ0v) is 12.6. The van der Waals surface area contributed by atoms with Crippen molar-refractivity contribution >= 4 is 35.9 Å². The summed E-state index contributed by atoms with van der Waals surface area (Å²) in [7, 11) is 0. The fourth-order valence-electron chi connectivity index (χ4n) is 1.96. The third-order valence-electron chi connectivity index (χ3n) is 2.80.